The number of fused-ring (bicyclic) bond motifs is 1. The van der Waals surface area contributed by atoms with Crippen molar-refractivity contribution >= 4 is 32.5 Å². The van der Waals surface area contributed by atoms with Gasteiger partial charge < -0.3 is 4.57 Å². The zero-order chi connectivity index (χ0) is 15.3. The molecule has 1 fully saturated rings. The van der Waals surface area contributed by atoms with Crippen LogP contribution in [0.3, 0.4) is 0 Å². The first kappa shape index (κ1) is 14.9. The van der Waals surface area contributed by atoms with Gasteiger partial charge in [0.25, 0.3) is 0 Å². The molecule has 1 aliphatic rings. The number of benzene rings is 1. The number of hydrogen-bond acceptors (Lipinski definition) is 3. The zero-order valence-electron chi connectivity index (χ0n) is 12.3. The number of halogens is 1. The molecular weight excluding hydrogens is 308 g/mol. The number of rotatable bonds is 3. The molecule has 1 saturated heterocycles. The highest BCUT2D eigenvalue weighted by atomic mass is 35.5. The van der Waals surface area contributed by atoms with Crippen molar-refractivity contribution in [2.24, 2.45) is 0 Å². The number of nitrogens with zero attached hydrogens (tertiary/aromatic N) is 2. The van der Waals surface area contributed by atoms with Crippen LogP contribution >= 0.6 is 11.6 Å². The van der Waals surface area contributed by atoms with Crippen LogP contribution in [0.2, 0.25) is 0 Å². The van der Waals surface area contributed by atoms with Crippen LogP contribution in [0, 0.1) is 6.92 Å². The molecule has 0 aliphatic carbocycles. The molecule has 21 heavy (non-hydrogen) atoms. The van der Waals surface area contributed by atoms with Crippen LogP contribution in [0.5, 0.6) is 0 Å². The third-order valence-electron chi connectivity index (χ3n) is 4.22. The van der Waals surface area contributed by atoms with Gasteiger partial charge in [-0.25, -0.2) is 13.4 Å². The molecule has 4 nitrogen and oxygen atoms in total. The Labute approximate surface area is 130 Å². The lowest BCUT2D eigenvalue weighted by Gasteiger charge is -2.27. The van der Waals surface area contributed by atoms with Crippen molar-refractivity contribution in [2.45, 2.75) is 32.2 Å². The zero-order valence-corrected chi connectivity index (χ0v) is 13.8. The highest BCUT2D eigenvalue weighted by Crippen LogP contribution is 2.35. The van der Waals surface area contributed by atoms with E-state index >= 15 is 0 Å². The van der Waals surface area contributed by atoms with Crippen LogP contribution in [0.15, 0.2) is 18.2 Å². The van der Waals surface area contributed by atoms with E-state index in [0.29, 0.717) is 18.7 Å². The average Bonchev–Trinajstić information content (AvgIpc) is 2.87. The maximum atomic E-state index is 12.0. The Kier molecular flexibility index (Phi) is 3.53. The molecule has 1 aliphatic heterocycles. The van der Waals surface area contributed by atoms with E-state index < -0.39 is 15.4 Å². The van der Waals surface area contributed by atoms with Gasteiger partial charge >= 0.3 is 0 Å². The van der Waals surface area contributed by atoms with E-state index in [4.69, 9.17) is 11.6 Å². The summed E-state index contributed by atoms with van der Waals surface area (Å²) in [6.07, 6.45) is 1.27. The van der Waals surface area contributed by atoms with E-state index in [1.165, 1.54) is 0 Å². The highest BCUT2D eigenvalue weighted by molar-refractivity contribution is 7.91. The Hall–Kier alpha value is -1.07. The van der Waals surface area contributed by atoms with Crippen LogP contribution in [-0.4, -0.2) is 35.4 Å². The van der Waals surface area contributed by atoms with Crippen LogP contribution in [0.25, 0.3) is 11.0 Å². The molecule has 0 amide bonds. The Bertz CT molecular complexity index is 797. The number of hydrogen-bond donors (Lipinski definition) is 0. The summed E-state index contributed by atoms with van der Waals surface area (Å²) in [7, 11) is -2.97. The van der Waals surface area contributed by atoms with E-state index in [1.807, 2.05) is 26.0 Å². The summed E-state index contributed by atoms with van der Waals surface area (Å²) in [6, 6.07) is 6.10. The minimum absolute atomic E-state index is 0.175. The van der Waals surface area contributed by atoms with Crippen molar-refractivity contribution < 1.29 is 8.42 Å². The summed E-state index contributed by atoms with van der Waals surface area (Å²) in [6.45, 7) is 4.05. The van der Waals surface area contributed by atoms with E-state index in [2.05, 4.69) is 15.6 Å². The van der Waals surface area contributed by atoms with Gasteiger partial charge in [-0.2, -0.15) is 0 Å². The van der Waals surface area contributed by atoms with Crippen molar-refractivity contribution in [3.05, 3.63) is 29.6 Å². The Morgan fingerprint density at radius 2 is 2.19 bits per heavy atom. The average molecular weight is 327 g/mol. The quantitative estimate of drug-likeness (QED) is 0.815. The maximum absolute atomic E-state index is 12.0. The first-order valence-electron chi connectivity index (χ1n) is 7.09. The number of alkyl halides is 1. The summed E-state index contributed by atoms with van der Waals surface area (Å²) < 4.78 is 26.0. The first-order chi connectivity index (χ1) is 9.85. The third-order valence-corrected chi connectivity index (χ3v) is 6.30. The van der Waals surface area contributed by atoms with Crippen molar-refractivity contribution in [3.63, 3.8) is 0 Å². The standard InChI is InChI=1S/C15H19ClN2O2S/c1-11-3-4-12-13(9-11)18(14(17-12)5-7-16)15(2)6-8-21(19,20)10-15/h3-4,9H,5-8,10H2,1-2H3. The van der Waals surface area contributed by atoms with Gasteiger partial charge in [-0.15, -0.1) is 11.6 Å². The van der Waals surface area contributed by atoms with Crippen LogP contribution in [0.1, 0.15) is 24.7 Å². The van der Waals surface area contributed by atoms with Gasteiger partial charge in [-0.3, -0.25) is 0 Å². The number of aryl methyl sites for hydroxylation is 2. The number of imidazole rings is 1. The van der Waals surface area contributed by atoms with Crippen molar-refractivity contribution in [1.29, 1.82) is 0 Å². The van der Waals surface area contributed by atoms with Gasteiger partial charge in [0.2, 0.25) is 0 Å². The van der Waals surface area contributed by atoms with E-state index in [1.54, 1.807) is 0 Å². The topological polar surface area (TPSA) is 52.0 Å². The second kappa shape index (κ2) is 4.99. The monoisotopic (exact) mass is 326 g/mol. The van der Waals surface area contributed by atoms with Gasteiger partial charge in [-0.05, 0) is 38.0 Å². The second-order valence-electron chi connectivity index (χ2n) is 6.13. The molecule has 0 bridgehead atoms. The van der Waals surface area contributed by atoms with Crippen molar-refractivity contribution in [1.82, 2.24) is 9.55 Å². The lowest BCUT2D eigenvalue weighted by molar-refractivity contribution is 0.365. The molecule has 1 aromatic heterocycles. The Morgan fingerprint density at radius 3 is 2.81 bits per heavy atom. The Morgan fingerprint density at radius 1 is 1.43 bits per heavy atom. The van der Waals surface area contributed by atoms with Crippen LogP contribution in [-0.2, 0) is 21.8 Å². The molecule has 6 heteroatoms. The second-order valence-corrected chi connectivity index (χ2v) is 8.70. The fraction of sp³-hybridized carbons (Fsp3) is 0.533. The van der Waals surface area contributed by atoms with Crippen molar-refractivity contribution in [3.8, 4) is 0 Å². The molecule has 2 heterocycles. The summed E-state index contributed by atoms with van der Waals surface area (Å²) in [5.41, 5.74) is 2.63. The number of aromatic nitrogens is 2. The lowest BCUT2D eigenvalue weighted by atomic mass is 10.0. The molecule has 0 radical (unpaired) electrons. The molecule has 1 atom stereocenters. The molecule has 2 aromatic rings. The maximum Gasteiger partial charge on any atom is 0.152 e. The third kappa shape index (κ3) is 2.57. The largest absolute Gasteiger partial charge is 0.321 e. The normalized spacial score (nSPS) is 24.7. The van der Waals surface area contributed by atoms with Gasteiger partial charge in [-0.1, -0.05) is 6.07 Å². The summed E-state index contributed by atoms with van der Waals surface area (Å²) in [4.78, 5) is 4.66. The predicted octanol–water partition coefficient (Wildman–Crippen LogP) is 2.66. The minimum atomic E-state index is -2.97. The van der Waals surface area contributed by atoms with Gasteiger partial charge in [0.1, 0.15) is 5.82 Å². The first-order valence-corrected chi connectivity index (χ1v) is 9.45. The van der Waals surface area contributed by atoms with E-state index in [0.717, 1.165) is 22.4 Å². The fourth-order valence-electron chi connectivity index (χ4n) is 3.26. The smallest absolute Gasteiger partial charge is 0.152 e. The highest BCUT2D eigenvalue weighted by Gasteiger charge is 2.41. The predicted molar refractivity (Wildman–Crippen MR) is 85.8 cm³/mol. The summed E-state index contributed by atoms with van der Waals surface area (Å²) >= 11 is 5.90. The van der Waals surface area contributed by atoms with Crippen molar-refractivity contribution in [2.75, 3.05) is 17.4 Å². The molecule has 3 rings (SSSR count). The molecule has 0 spiro atoms. The van der Waals surface area contributed by atoms with Gasteiger partial charge in [0, 0.05) is 12.3 Å². The molecule has 0 N–H and O–H groups in total. The van der Waals surface area contributed by atoms with Crippen LogP contribution in [0.4, 0.5) is 0 Å². The molecule has 114 valence electrons. The number of sulfone groups is 1. The summed E-state index contributed by atoms with van der Waals surface area (Å²) in [5.74, 6) is 1.78. The molecule has 0 saturated carbocycles. The van der Waals surface area contributed by atoms with Gasteiger partial charge in [0.15, 0.2) is 9.84 Å². The van der Waals surface area contributed by atoms with E-state index in [-0.39, 0.29) is 11.5 Å². The molecule has 1 unspecified atom stereocenters. The minimum Gasteiger partial charge on any atom is -0.321 e. The van der Waals surface area contributed by atoms with Gasteiger partial charge in [0.05, 0.1) is 28.1 Å². The van der Waals surface area contributed by atoms with Crippen LogP contribution < -0.4 is 0 Å². The SMILES string of the molecule is Cc1ccc2nc(CCCl)n(C3(C)CCS(=O)(=O)C3)c2c1. The summed E-state index contributed by atoms with van der Waals surface area (Å²) in [5, 5.41) is 0. The Balaban J connectivity index is 2.24. The molecular formula is C15H19ClN2O2S. The lowest BCUT2D eigenvalue weighted by Crippen LogP contribution is -2.33. The fourth-order valence-corrected chi connectivity index (χ4v) is 5.54. The van der Waals surface area contributed by atoms with E-state index in [9.17, 15) is 8.42 Å². The molecule has 1 aromatic carbocycles.